The first-order valence-electron chi connectivity index (χ1n) is 12.9. The molecule has 2 amide bonds. The second-order valence-corrected chi connectivity index (χ2v) is 9.60. The molecule has 0 saturated heterocycles. The van der Waals surface area contributed by atoms with Crippen molar-refractivity contribution in [3.05, 3.63) is 64.4 Å². The summed E-state index contributed by atoms with van der Waals surface area (Å²) < 4.78 is 10.8. The topological polar surface area (TPSA) is 133 Å². The van der Waals surface area contributed by atoms with Crippen molar-refractivity contribution in [3.63, 3.8) is 0 Å². The standard InChI is InChI=1S/C28H42N6O4/c1-8-10-21(26(29)34(32-30)18(2)3)12-9-11-20(6)31-27(35)24-15-23-17-33(28(36)38-19(4)5)14-13-22(23)16-25(24)37-7/h9-12,15-16,18-19,29,32H,8,13-14,17,30H2,1-7H3,(H,31,35)/b12-9-,20-11+,21-10-,29-26?. The first-order chi connectivity index (χ1) is 18.0. The largest absolute Gasteiger partial charge is 0.496 e. The Balaban J connectivity index is 2.19. The Bertz CT molecular complexity index is 1110. The van der Waals surface area contributed by atoms with Gasteiger partial charge in [0.05, 0.1) is 18.8 Å². The van der Waals surface area contributed by atoms with Crippen LogP contribution in [0.5, 0.6) is 5.75 Å². The lowest BCUT2D eigenvalue weighted by molar-refractivity contribution is 0.0730. The Morgan fingerprint density at radius 3 is 2.53 bits per heavy atom. The number of nitrogens with two attached hydrogens (primary N) is 1. The summed E-state index contributed by atoms with van der Waals surface area (Å²) in [6.45, 7) is 12.2. The van der Waals surface area contributed by atoms with Crippen LogP contribution >= 0.6 is 0 Å². The van der Waals surface area contributed by atoms with Gasteiger partial charge < -0.3 is 19.7 Å². The molecule has 1 heterocycles. The van der Waals surface area contributed by atoms with Crippen LogP contribution in [-0.4, -0.2) is 53.5 Å². The van der Waals surface area contributed by atoms with E-state index in [-0.39, 0.29) is 30.0 Å². The Labute approximate surface area is 226 Å². The Kier molecular flexibility index (Phi) is 11.5. The molecule has 0 unspecified atom stereocenters. The lowest BCUT2D eigenvalue weighted by Gasteiger charge is -2.29. The number of carbonyl (C=O) groups is 2. The van der Waals surface area contributed by atoms with E-state index in [9.17, 15) is 9.59 Å². The molecule has 1 aromatic rings. The summed E-state index contributed by atoms with van der Waals surface area (Å²) >= 11 is 0. The molecule has 38 heavy (non-hydrogen) atoms. The number of amidine groups is 1. The van der Waals surface area contributed by atoms with E-state index in [1.165, 1.54) is 7.11 Å². The number of benzene rings is 1. The van der Waals surface area contributed by atoms with E-state index < -0.39 is 0 Å². The van der Waals surface area contributed by atoms with E-state index in [1.54, 1.807) is 41.1 Å². The summed E-state index contributed by atoms with van der Waals surface area (Å²) in [5.74, 6) is 6.01. The molecule has 10 heteroatoms. The number of hydrogen-bond acceptors (Lipinski definition) is 7. The highest BCUT2D eigenvalue weighted by Gasteiger charge is 2.25. The summed E-state index contributed by atoms with van der Waals surface area (Å²) in [6, 6.07) is 3.65. The molecule has 1 aromatic carbocycles. The molecule has 5 N–H and O–H groups in total. The molecule has 208 valence electrons. The smallest absolute Gasteiger partial charge is 0.410 e. The molecular formula is C28H42N6O4. The predicted octanol–water partition coefficient (Wildman–Crippen LogP) is 4.19. The lowest BCUT2D eigenvalue weighted by Crippen LogP contribution is -2.50. The molecule has 0 fully saturated rings. The number of amides is 2. The van der Waals surface area contributed by atoms with Gasteiger partial charge in [-0.05, 0) is 76.8 Å². The Hall–Kier alpha value is -3.63. The summed E-state index contributed by atoms with van der Waals surface area (Å²) in [6.07, 6.45) is 8.13. The van der Waals surface area contributed by atoms with Crippen LogP contribution in [0, 0.1) is 5.41 Å². The number of ether oxygens (including phenoxy) is 2. The number of hydrogen-bond donors (Lipinski definition) is 4. The summed E-state index contributed by atoms with van der Waals surface area (Å²) in [7, 11) is 1.53. The van der Waals surface area contributed by atoms with E-state index >= 15 is 0 Å². The molecule has 0 aromatic heterocycles. The Morgan fingerprint density at radius 2 is 1.95 bits per heavy atom. The maximum absolute atomic E-state index is 13.2. The molecule has 1 aliphatic heterocycles. The van der Waals surface area contributed by atoms with Crippen molar-refractivity contribution in [1.82, 2.24) is 20.8 Å². The van der Waals surface area contributed by atoms with Gasteiger partial charge in [-0.15, -0.1) is 0 Å². The number of methoxy groups -OCH3 is 1. The average Bonchev–Trinajstić information content (AvgIpc) is 2.86. The second-order valence-electron chi connectivity index (χ2n) is 9.60. The molecule has 0 spiro atoms. The van der Waals surface area contributed by atoms with Gasteiger partial charge in [0, 0.05) is 30.4 Å². The maximum atomic E-state index is 13.2. The van der Waals surface area contributed by atoms with E-state index in [0.717, 1.165) is 17.5 Å². The van der Waals surface area contributed by atoms with Crippen LogP contribution < -0.4 is 21.4 Å². The average molecular weight is 527 g/mol. The van der Waals surface area contributed by atoms with Crippen LogP contribution in [0.4, 0.5) is 4.79 Å². The zero-order valence-electron chi connectivity index (χ0n) is 23.6. The molecule has 1 aliphatic rings. The molecule has 0 atom stereocenters. The number of rotatable bonds is 10. The van der Waals surface area contributed by atoms with Gasteiger partial charge in [0.2, 0.25) is 0 Å². The quantitative estimate of drug-likeness (QED) is 0.118. The first kappa shape index (κ1) is 30.6. The normalized spacial score (nSPS) is 14.1. The van der Waals surface area contributed by atoms with E-state index in [2.05, 4.69) is 10.9 Å². The van der Waals surface area contributed by atoms with Crippen molar-refractivity contribution in [2.24, 2.45) is 5.84 Å². The van der Waals surface area contributed by atoms with Gasteiger partial charge in [0.15, 0.2) is 0 Å². The third-order valence-electron chi connectivity index (χ3n) is 5.90. The molecule has 0 radical (unpaired) electrons. The number of allylic oxidation sites excluding steroid dienone is 4. The molecule has 2 rings (SSSR count). The fraction of sp³-hybridized carbons (Fsp3) is 0.464. The lowest BCUT2D eigenvalue weighted by atomic mass is 9.96. The highest BCUT2D eigenvalue weighted by molar-refractivity contribution is 5.99. The van der Waals surface area contributed by atoms with Crippen LogP contribution in [0.1, 0.15) is 69.4 Å². The number of fused-ring (bicyclic) bond motifs is 1. The minimum Gasteiger partial charge on any atom is -0.496 e. The molecule has 0 saturated carbocycles. The van der Waals surface area contributed by atoms with Gasteiger partial charge in [-0.25, -0.2) is 4.79 Å². The SMILES string of the molecule is CC/C=C(/C=C\C=C(/C)NC(=O)c1cc2c(cc1OC)CCN(C(=O)OC(C)C)C2)C(=N)N(NN)C(C)C. The minimum absolute atomic E-state index is 0.00254. The van der Waals surface area contributed by atoms with Crippen molar-refractivity contribution in [2.45, 2.75) is 73.1 Å². The number of nitrogens with zero attached hydrogens (tertiary/aromatic N) is 2. The van der Waals surface area contributed by atoms with E-state index in [4.69, 9.17) is 20.7 Å². The van der Waals surface area contributed by atoms with Gasteiger partial charge in [-0.3, -0.25) is 21.1 Å². The summed E-state index contributed by atoms with van der Waals surface area (Å²) in [5.41, 5.74) is 6.19. The van der Waals surface area contributed by atoms with Crippen molar-refractivity contribution < 1.29 is 19.1 Å². The summed E-state index contributed by atoms with van der Waals surface area (Å²) in [4.78, 5) is 27.2. The molecule has 0 bridgehead atoms. The zero-order chi connectivity index (χ0) is 28.4. The third-order valence-corrected chi connectivity index (χ3v) is 5.90. The number of nitrogens with one attached hydrogen (secondary N) is 3. The van der Waals surface area contributed by atoms with E-state index in [0.29, 0.717) is 42.1 Å². The highest BCUT2D eigenvalue weighted by atomic mass is 16.6. The van der Waals surface area contributed by atoms with Crippen molar-refractivity contribution in [2.75, 3.05) is 13.7 Å². The van der Waals surface area contributed by atoms with Gasteiger partial charge in [-0.2, -0.15) is 5.53 Å². The molecule has 10 nitrogen and oxygen atoms in total. The van der Waals surface area contributed by atoms with Gasteiger partial charge in [-0.1, -0.05) is 25.2 Å². The fourth-order valence-corrected chi connectivity index (χ4v) is 4.02. The van der Waals surface area contributed by atoms with Crippen LogP contribution in [0.25, 0.3) is 0 Å². The third kappa shape index (κ3) is 8.19. The van der Waals surface area contributed by atoms with Gasteiger partial charge in [0.1, 0.15) is 11.6 Å². The number of carbonyl (C=O) groups excluding carboxylic acids is 2. The number of hydrazine groups is 2. The van der Waals surface area contributed by atoms with Crippen molar-refractivity contribution >= 4 is 17.8 Å². The van der Waals surface area contributed by atoms with E-state index in [1.807, 2.05) is 46.8 Å². The fourth-order valence-electron chi connectivity index (χ4n) is 4.02. The monoisotopic (exact) mass is 526 g/mol. The summed E-state index contributed by atoms with van der Waals surface area (Å²) in [5, 5.41) is 12.9. The predicted molar refractivity (Wildman–Crippen MR) is 149 cm³/mol. The Morgan fingerprint density at radius 1 is 1.24 bits per heavy atom. The van der Waals surface area contributed by atoms with Crippen LogP contribution in [0.2, 0.25) is 0 Å². The first-order valence-corrected chi connectivity index (χ1v) is 12.9. The zero-order valence-corrected chi connectivity index (χ0v) is 23.6. The van der Waals surface area contributed by atoms with Crippen LogP contribution in [-0.2, 0) is 17.7 Å². The van der Waals surface area contributed by atoms with Gasteiger partial charge in [0.25, 0.3) is 5.91 Å². The van der Waals surface area contributed by atoms with Gasteiger partial charge >= 0.3 is 6.09 Å². The minimum atomic E-state index is -0.360. The molecular weight excluding hydrogens is 484 g/mol. The van der Waals surface area contributed by atoms with Crippen molar-refractivity contribution in [1.29, 1.82) is 5.41 Å². The second kappa shape index (κ2) is 14.3. The highest BCUT2D eigenvalue weighted by Crippen LogP contribution is 2.28. The van der Waals surface area contributed by atoms with Crippen LogP contribution in [0.15, 0.2) is 47.7 Å². The maximum Gasteiger partial charge on any atom is 0.410 e. The molecule has 0 aliphatic carbocycles. The van der Waals surface area contributed by atoms with Crippen molar-refractivity contribution in [3.8, 4) is 5.75 Å². The van der Waals surface area contributed by atoms with Crippen LogP contribution in [0.3, 0.4) is 0 Å².